The summed E-state index contributed by atoms with van der Waals surface area (Å²) in [5.41, 5.74) is 0.0321. The van der Waals surface area contributed by atoms with E-state index < -0.39 is 40.1 Å². The molecule has 1 amide bonds. The molecule has 0 aromatic heterocycles. The first kappa shape index (κ1) is 25.9. The molecule has 1 N–H and O–H groups in total. The maximum Gasteiger partial charge on any atom is 0.408 e. The molecule has 9 nitrogen and oxygen atoms in total. The monoisotopic (exact) mass is 445 g/mol. The van der Waals surface area contributed by atoms with Crippen LogP contribution >= 0.6 is 0 Å². The van der Waals surface area contributed by atoms with Crippen molar-refractivity contribution in [3.8, 4) is 0 Å². The Bertz CT molecular complexity index is 812. The second-order valence-electron chi connectivity index (χ2n) is 8.91. The molecule has 1 unspecified atom stereocenters. The number of carbonyl (C=O) groups excluding carboxylic acids is 2. The number of rotatable bonds is 9. The Morgan fingerprint density at radius 3 is 2.13 bits per heavy atom. The van der Waals surface area contributed by atoms with Crippen molar-refractivity contribution in [3.05, 3.63) is 35.9 Å². The maximum absolute atomic E-state index is 12.5. The molecule has 0 fully saturated rings. The van der Waals surface area contributed by atoms with E-state index in [1.807, 2.05) is 30.3 Å². The van der Waals surface area contributed by atoms with Gasteiger partial charge in [0.2, 0.25) is 6.23 Å². The molecule has 170 valence electrons. The van der Waals surface area contributed by atoms with Crippen LogP contribution in [0.5, 0.6) is 0 Å². The Labute approximate surface area is 179 Å². The van der Waals surface area contributed by atoms with E-state index in [4.69, 9.17) is 13.7 Å². The van der Waals surface area contributed by atoms with Crippen LogP contribution in [0.2, 0.25) is 0 Å². The van der Waals surface area contributed by atoms with E-state index in [-0.39, 0.29) is 17.5 Å². The lowest BCUT2D eigenvalue weighted by atomic mass is 10.1. The predicted octanol–water partition coefficient (Wildman–Crippen LogP) is 2.02. The fraction of sp³-hybridized carbons (Fsp3) is 0.600. The fourth-order valence-electron chi connectivity index (χ4n) is 2.57. The van der Waals surface area contributed by atoms with Gasteiger partial charge in [0.05, 0.1) is 33.8 Å². The van der Waals surface area contributed by atoms with Gasteiger partial charge in [0.25, 0.3) is 10.1 Å². The Hall–Kier alpha value is -2.17. The molecule has 10 heteroatoms. The molecule has 0 saturated heterocycles. The van der Waals surface area contributed by atoms with Crippen LogP contribution in [0.4, 0.5) is 4.79 Å². The van der Waals surface area contributed by atoms with Crippen LogP contribution in [0, 0.1) is 0 Å². The van der Waals surface area contributed by atoms with Gasteiger partial charge in [0, 0.05) is 0 Å². The van der Waals surface area contributed by atoms with Gasteiger partial charge in [0.1, 0.15) is 18.2 Å². The van der Waals surface area contributed by atoms with Crippen molar-refractivity contribution < 1.29 is 36.1 Å². The molecule has 0 aliphatic heterocycles. The van der Waals surface area contributed by atoms with Crippen molar-refractivity contribution in [3.63, 3.8) is 0 Å². The summed E-state index contributed by atoms with van der Waals surface area (Å²) < 4.78 is 39.4. The Kier molecular flexibility index (Phi) is 8.82. The highest BCUT2D eigenvalue weighted by Gasteiger charge is 2.40. The third-order valence-electron chi connectivity index (χ3n) is 3.71. The molecule has 1 rings (SSSR count). The quantitative estimate of drug-likeness (QED) is 0.268. The van der Waals surface area contributed by atoms with E-state index in [1.54, 1.807) is 41.9 Å². The van der Waals surface area contributed by atoms with Crippen LogP contribution in [0.3, 0.4) is 0 Å². The smallest absolute Gasteiger partial charge is 0.408 e. The lowest BCUT2D eigenvalue weighted by Gasteiger charge is -2.37. The second-order valence-corrected chi connectivity index (χ2v) is 10.5. The normalized spacial score (nSPS) is 14.5. The number of alkyl carbamates (subject to hydrolysis) is 1. The first-order valence-corrected chi connectivity index (χ1v) is 11.3. The number of esters is 1. The van der Waals surface area contributed by atoms with Gasteiger partial charge < -0.3 is 19.3 Å². The Morgan fingerprint density at radius 1 is 1.10 bits per heavy atom. The molecular weight excluding hydrogens is 412 g/mol. The molecule has 0 aliphatic rings. The topological polar surface area (TPSA) is 108 Å². The number of nitrogens with zero attached hydrogens (tertiary/aromatic N) is 1. The third-order valence-corrected chi connectivity index (χ3v) is 4.26. The van der Waals surface area contributed by atoms with E-state index in [2.05, 4.69) is 5.32 Å². The number of carbonyl (C=O) groups is 2. The number of quaternary nitrogens is 1. The van der Waals surface area contributed by atoms with Crippen LogP contribution in [-0.2, 0) is 35.2 Å². The van der Waals surface area contributed by atoms with Gasteiger partial charge in [-0.25, -0.2) is 8.98 Å². The molecule has 0 radical (unpaired) electrons. The first-order chi connectivity index (χ1) is 13.6. The number of ether oxygens (including phenoxy) is 2. The summed E-state index contributed by atoms with van der Waals surface area (Å²) in [7, 11) is 1.19. The van der Waals surface area contributed by atoms with Crippen LogP contribution in [-0.4, -0.2) is 70.2 Å². The number of hydrogen-bond donors (Lipinski definition) is 1. The third kappa shape index (κ3) is 10.6. The summed E-state index contributed by atoms with van der Waals surface area (Å²) >= 11 is 0. The standard InChI is InChI=1S/C20H32N2O7S/c1-20(2,3)28-19(24)21-16(18(22(4,5)6)29-30(7,25)26)13-17(23)27-14-15-11-9-8-10-12-15/h8-12,16,18H,13-14H2,1-7H3/p+1/t16-,18?/m1/s1. The second kappa shape index (κ2) is 10.2. The van der Waals surface area contributed by atoms with Crippen molar-refractivity contribution in [1.29, 1.82) is 0 Å². The van der Waals surface area contributed by atoms with E-state index in [0.717, 1.165) is 11.8 Å². The van der Waals surface area contributed by atoms with Crippen molar-refractivity contribution in [2.75, 3.05) is 27.4 Å². The van der Waals surface area contributed by atoms with E-state index in [1.165, 1.54) is 0 Å². The molecule has 0 bridgehead atoms. The zero-order valence-electron chi connectivity index (χ0n) is 18.7. The summed E-state index contributed by atoms with van der Waals surface area (Å²) in [6.07, 6.45) is -1.27. The molecule has 0 saturated carbocycles. The first-order valence-electron chi connectivity index (χ1n) is 9.45. The van der Waals surface area contributed by atoms with Crippen molar-refractivity contribution in [1.82, 2.24) is 5.32 Å². The lowest BCUT2D eigenvalue weighted by Crippen LogP contribution is -2.60. The molecular formula is C20H33N2O7S+. The molecule has 30 heavy (non-hydrogen) atoms. The minimum Gasteiger partial charge on any atom is -0.461 e. The summed E-state index contributed by atoms with van der Waals surface area (Å²) in [6.45, 7) is 5.14. The van der Waals surface area contributed by atoms with Gasteiger partial charge in [-0.15, -0.1) is 0 Å². The van der Waals surface area contributed by atoms with Gasteiger partial charge in [-0.1, -0.05) is 30.3 Å². The molecule has 1 aromatic rings. The fourth-order valence-corrected chi connectivity index (χ4v) is 3.32. The Morgan fingerprint density at radius 2 is 1.67 bits per heavy atom. The molecule has 0 spiro atoms. The van der Waals surface area contributed by atoms with Gasteiger partial charge >= 0.3 is 12.1 Å². The maximum atomic E-state index is 12.5. The van der Waals surface area contributed by atoms with E-state index in [9.17, 15) is 18.0 Å². The highest BCUT2D eigenvalue weighted by Crippen LogP contribution is 2.18. The molecule has 0 heterocycles. The minimum atomic E-state index is -3.87. The summed E-state index contributed by atoms with van der Waals surface area (Å²) in [4.78, 5) is 24.8. The van der Waals surface area contributed by atoms with Crippen LogP contribution in [0.25, 0.3) is 0 Å². The van der Waals surface area contributed by atoms with Crippen molar-refractivity contribution >= 4 is 22.2 Å². The van der Waals surface area contributed by atoms with Gasteiger partial charge in [-0.3, -0.25) is 4.79 Å². The average molecular weight is 446 g/mol. The van der Waals surface area contributed by atoms with Crippen LogP contribution in [0.15, 0.2) is 30.3 Å². The number of benzene rings is 1. The molecule has 1 aromatic carbocycles. The zero-order chi connectivity index (χ0) is 23.2. The van der Waals surface area contributed by atoms with Crippen LogP contribution in [0.1, 0.15) is 32.8 Å². The van der Waals surface area contributed by atoms with Gasteiger partial charge in [-0.05, 0) is 26.3 Å². The highest BCUT2D eigenvalue weighted by molar-refractivity contribution is 7.86. The summed E-state index contributed by atoms with van der Waals surface area (Å²) in [5.74, 6) is -0.615. The average Bonchev–Trinajstić information content (AvgIpc) is 2.55. The SMILES string of the molecule is CC(C)(C)OC(=O)N[C@H](CC(=O)OCc1ccccc1)C(OS(C)(=O)=O)[N+](C)(C)C. The zero-order valence-corrected chi connectivity index (χ0v) is 19.5. The summed E-state index contributed by atoms with van der Waals surface area (Å²) in [6, 6.07) is 8.10. The summed E-state index contributed by atoms with van der Waals surface area (Å²) in [5, 5.41) is 2.56. The van der Waals surface area contributed by atoms with Crippen molar-refractivity contribution in [2.24, 2.45) is 0 Å². The van der Waals surface area contributed by atoms with Gasteiger partial charge in [0.15, 0.2) is 0 Å². The van der Waals surface area contributed by atoms with E-state index >= 15 is 0 Å². The molecule has 0 aliphatic carbocycles. The highest BCUT2D eigenvalue weighted by atomic mass is 32.2. The number of nitrogens with one attached hydrogen (secondary N) is 1. The van der Waals surface area contributed by atoms with E-state index in [0.29, 0.717) is 0 Å². The number of hydrogen-bond acceptors (Lipinski definition) is 7. The van der Waals surface area contributed by atoms with Crippen LogP contribution < -0.4 is 5.32 Å². The Balaban J connectivity index is 3.02. The molecule has 2 atom stereocenters. The number of likely N-dealkylation sites (N-methyl/N-ethyl adjacent to an activating group) is 1. The van der Waals surface area contributed by atoms with Crippen molar-refractivity contribution in [2.45, 2.75) is 51.7 Å². The lowest BCUT2D eigenvalue weighted by molar-refractivity contribution is -0.916. The predicted molar refractivity (Wildman–Crippen MR) is 112 cm³/mol. The number of amides is 1. The largest absolute Gasteiger partial charge is 0.461 e. The minimum absolute atomic E-state index is 0.000496. The van der Waals surface area contributed by atoms with Gasteiger partial charge in [-0.2, -0.15) is 8.42 Å².